The third kappa shape index (κ3) is 5.83. The third-order valence-electron chi connectivity index (χ3n) is 5.45. The van der Waals surface area contributed by atoms with Gasteiger partial charge in [0.1, 0.15) is 17.2 Å². The Kier molecular flexibility index (Phi) is 7.09. The number of rotatable bonds is 7. The maximum absolute atomic E-state index is 12.6. The molecule has 0 aliphatic carbocycles. The third-order valence-corrected chi connectivity index (χ3v) is 5.45. The second kappa shape index (κ2) is 10.5. The molecular weight excluding hydrogens is 420 g/mol. The first-order valence-electron chi connectivity index (χ1n) is 10.8. The molecule has 33 heavy (non-hydrogen) atoms. The number of carbonyl (C=O) groups is 2. The highest BCUT2D eigenvalue weighted by molar-refractivity contribution is 5.91. The van der Waals surface area contributed by atoms with Gasteiger partial charge in [0.2, 0.25) is 0 Å². The topological polar surface area (TPSA) is 68.3 Å². The van der Waals surface area contributed by atoms with Gasteiger partial charge in [-0.05, 0) is 54.6 Å². The molecule has 7 heteroatoms. The number of piperazine rings is 1. The zero-order valence-corrected chi connectivity index (χ0v) is 18.5. The molecule has 0 spiro atoms. The van der Waals surface area contributed by atoms with Crippen LogP contribution in [-0.4, -0.2) is 56.7 Å². The van der Waals surface area contributed by atoms with Crippen LogP contribution in [0.2, 0.25) is 0 Å². The summed E-state index contributed by atoms with van der Waals surface area (Å²) in [5.41, 5.74) is 1.42. The maximum atomic E-state index is 12.6. The van der Waals surface area contributed by atoms with Gasteiger partial charge in [0.25, 0.3) is 5.91 Å². The minimum atomic E-state index is -0.557. The van der Waals surface area contributed by atoms with Crippen LogP contribution in [0.5, 0.6) is 17.2 Å². The van der Waals surface area contributed by atoms with E-state index in [4.69, 9.17) is 14.2 Å². The summed E-state index contributed by atoms with van der Waals surface area (Å²) in [6.45, 7) is 2.28. The van der Waals surface area contributed by atoms with Crippen LogP contribution in [0, 0.1) is 0 Å². The molecule has 0 saturated carbocycles. The lowest BCUT2D eigenvalue weighted by atomic mass is 10.2. The number of para-hydroxylation sites is 1. The second-order valence-electron chi connectivity index (χ2n) is 7.58. The van der Waals surface area contributed by atoms with E-state index >= 15 is 0 Å². The van der Waals surface area contributed by atoms with Crippen molar-refractivity contribution < 1.29 is 23.8 Å². The van der Waals surface area contributed by atoms with Crippen molar-refractivity contribution in [3.8, 4) is 17.2 Å². The quantitative estimate of drug-likeness (QED) is 0.511. The van der Waals surface area contributed by atoms with Crippen LogP contribution in [-0.2, 0) is 9.53 Å². The van der Waals surface area contributed by atoms with Crippen molar-refractivity contribution in [1.82, 2.24) is 4.90 Å². The van der Waals surface area contributed by atoms with E-state index in [0.29, 0.717) is 43.2 Å². The summed E-state index contributed by atoms with van der Waals surface area (Å²) in [5.74, 6) is 1.25. The Morgan fingerprint density at radius 1 is 0.788 bits per heavy atom. The summed E-state index contributed by atoms with van der Waals surface area (Å²) >= 11 is 0. The van der Waals surface area contributed by atoms with Crippen LogP contribution >= 0.6 is 0 Å². The van der Waals surface area contributed by atoms with Gasteiger partial charge in [-0.1, -0.05) is 24.3 Å². The molecule has 0 atom stereocenters. The van der Waals surface area contributed by atoms with Crippen molar-refractivity contribution in [2.24, 2.45) is 0 Å². The number of hydrogen-bond acceptors (Lipinski definition) is 6. The van der Waals surface area contributed by atoms with E-state index in [1.807, 2.05) is 54.6 Å². The summed E-state index contributed by atoms with van der Waals surface area (Å²) < 4.78 is 16.2. The molecular formula is C26H26N2O5. The Bertz CT molecular complexity index is 1080. The Morgan fingerprint density at radius 2 is 1.48 bits per heavy atom. The number of amides is 1. The Hall–Kier alpha value is -4.00. The van der Waals surface area contributed by atoms with Gasteiger partial charge in [0, 0.05) is 31.9 Å². The average molecular weight is 447 g/mol. The van der Waals surface area contributed by atoms with E-state index in [-0.39, 0.29) is 12.5 Å². The fourth-order valence-corrected chi connectivity index (χ4v) is 3.62. The molecule has 0 aromatic heterocycles. The van der Waals surface area contributed by atoms with Crippen molar-refractivity contribution in [3.63, 3.8) is 0 Å². The summed E-state index contributed by atoms with van der Waals surface area (Å²) in [6.07, 6.45) is 0. The summed E-state index contributed by atoms with van der Waals surface area (Å²) in [6, 6.07) is 23.9. The van der Waals surface area contributed by atoms with Crippen molar-refractivity contribution in [3.05, 3.63) is 84.4 Å². The minimum absolute atomic E-state index is 0.200. The fraction of sp³-hybridized carbons (Fsp3) is 0.231. The van der Waals surface area contributed by atoms with E-state index in [2.05, 4.69) is 4.90 Å². The summed E-state index contributed by atoms with van der Waals surface area (Å²) in [7, 11) is 1.64. The molecule has 3 aromatic carbocycles. The molecule has 0 unspecified atom stereocenters. The molecule has 3 aromatic rings. The first-order chi connectivity index (χ1) is 16.1. The van der Waals surface area contributed by atoms with Crippen LogP contribution in [0.15, 0.2) is 78.9 Å². The maximum Gasteiger partial charge on any atom is 0.338 e. The Balaban J connectivity index is 1.26. The number of ether oxygens (including phenoxy) is 3. The molecule has 1 saturated heterocycles. The largest absolute Gasteiger partial charge is 0.497 e. The molecule has 1 fully saturated rings. The van der Waals surface area contributed by atoms with Crippen molar-refractivity contribution >= 4 is 17.6 Å². The van der Waals surface area contributed by atoms with E-state index in [9.17, 15) is 9.59 Å². The van der Waals surface area contributed by atoms with Crippen LogP contribution in [0.1, 0.15) is 10.4 Å². The molecule has 170 valence electrons. The average Bonchev–Trinajstić information content (AvgIpc) is 2.88. The second-order valence-corrected chi connectivity index (χ2v) is 7.58. The van der Waals surface area contributed by atoms with E-state index in [1.54, 1.807) is 36.3 Å². The fourth-order valence-electron chi connectivity index (χ4n) is 3.62. The van der Waals surface area contributed by atoms with Crippen molar-refractivity contribution in [2.45, 2.75) is 0 Å². The van der Waals surface area contributed by atoms with E-state index < -0.39 is 5.97 Å². The molecule has 0 N–H and O–H groups in total. The minimum Gasteiger partial charge on any atom is -0.497 e. The Morgan fingerprint density at radius 3 is 2.18 bits per heavy atom. The van der Waals surface area contributed by atoms with E-state index in [0.717, 1.165) is 11.4 Å². The lowest BCUT2D eigenvalue weighted by Crippen LogP contribution is -2.49. The molecule has 1 heterocycles. The zero-order chi connectivity index (χ0) is 23.0. The van der Waals surface area contributed by atoms with Gasteiger partial charge >= 0.3 is 5.97 Å². The first kappa shape index (κ1) is 22.2. The monoisotopic (exact) mass is 446 g/mol. The predicted molar refractivity (Wildman–Crippen MR) is 125 cm³/mol. The van der Waals surface area contributed by atoms with Gasteiger partial charge < -0.3 is 24.0 Å². The van der Waals surface area contributed by atoms with Gasteiger partial charge in [0.15, 0.2) is 6.61 Å². The normalized spacial score (nSPS) is 13.4. The van der Waals surface area contributed by atoms with Gasteiger partial charge in [-0.25, -0.2) is 4.79 Å². The predicted octanol–water partition coefficient (Wildman–Crippen LogP) is 3.99. The molecule has 7 nitrogen and oxygen atoms in total. The molecule has 4 rings (SSSR count). The standard InChI is InChI=1S/C26H26N2O5/c1-31-22-12-10-21(11-13-22)27-14-16-28(17-15-27)25(29)19-32-26(30)20-6-5-9-24(18-20)33-23-7-3-2-4-8-23/h2-13,18H,14-17,19H2,1H3. The van der Waals surface area contributed by atoms with Crippen LogP contribution in [0.3, 0.4) is 0 Å². The van der Waals surface area contributed by atoms with Gasteiger partial charge in [0.05, 0.1) is 12.7 Å². The zero-order valence-electron chi connectivity index (χ0n) is 18.5. The van der Waals surface area contributed by atoms with E-state index in [1.165, 1.54) is 0 Å². The molecule has 0 bridgehead atoms. The highest BCUT2D eigenvalue weighted by atomic mass is 16.5. The SMILES string of the molecule is COc1ccc(N2CCN(C(=O)COC(=O)c3cccc(Oc4ccccc4)c3)CC2)cc1. The van der Waals surface area contributed by atoms with Crippen molar-refractivity contribution in [2.75, 3.05) is 44.8 Å². The highest BCUT2D eigenvalue weighted by Gasteiger charge is 2.22. The molecule has 1 aliphatic heterocycles. The smallest absolute Gasteiger partial charge is 0.338 e. The Labute approximate surface area is 193 Å². The van der Waals surface area contributed by atoms with Gasteiger partial charge in [-0.3, -0.25) is 4.79 Å². The van der Waals surface area contributed by atoms with Crippen LogP contribution in [0.4, 0.5) is 5.69 Å². The lowest BCUT2D eigenvalue weighted by molar-refractivity contribution is -0.134. The molecule has 1 amide bonds. The summed E-state index contributed by atoms with van der Waals surface area (Å²) in [4.78, 5) is 29.0. The lowest BCUT2D eigenvalue weighted by Gasteiger charge is -2.36. The molecule has 0 radical (unpaired) electrons. The number of benzene rings is 3. The summed E-state index contributed by atoms with van der Waals surface area (Å²) in [5, 5.41) is 0. The number of carbonyl (C=O) groups excluding carboxylic acids is 2. The number of methoxy groups -OCH3 is 1. The number of hydrogen-bond donors (Lipinski definition) is 0. The first-order valence-corrected chi connectivity index (χ1v) is 10.8. The number of esters is 1. The highest BCUT2D eigenvalue weighted by Crippen LogP contribution is 2.23. The molecule has 1 aliphatic rings. The number of nitrogens with zero attached hydrogens (tertiary/aromatic N) is 2. The van der Waals surface area contributed by atoms with Crippen LogP contribution < -0.4 is 14.4 Å². The van der Waals surface area contributed by atoms with Crippen LogP contribution in [0.25, 0.3) is 0 Å². The number of anilines is 1. The van der Waals surface area contributed by atoms with Gasteiger partial charge in [-0.2, -0.15) is 0 Å². The van der Waals surface area contributed by atoms with Gasteiger partial charge in [-0.15, -0.1) is 0 Å². The van der Waals surface area contributed by atoms with Crippen molar-refractivity contribution in [1.29, 1.82) is 0 Å².